The fourth-order valence-electron chi connectivity index (χ4n) is 1.77. The summed E-state index contributed by atoms with van der Waals surface area (Å²) in [6, 6.07) is 12.3. The Kier molecular flexibility index (Phi) is 4.63. The van der Waals surface area contributed by atoms with E-state index in [2.05, 4.69) is 44.5 Å². The normalized spacial score (nSPS) is 10.3. The molecule has 4 nitrogen and oxygen atoms in total. The van der Waals surface area contributed by atoms with E-state index in [9.17, 15) is 0 Å². The Morgan fingerprint density at radius 1 is 1.21 bits per heavy atom. The van der Waals surface area contributed by atoms with Crippen LogP contribution in [0.2, 0.25) is 0 Å². The number of benzene rings is 1. The van der Waals surface area contributed by atoms with Crippen LogP contribution in [0.25, 0.3) is 0 Å². The van der Waals surface area contributed by atoms with Crippen LogP contribution in [0.1, 0.15) is 5.56 Å². The molecule has 1 aromatic heterocycles. The van der Waals surface area contributed by atoms with E-state index in [0.29, 0.717) is 0 Å². The molecule has 100 valence electrons. The lowest BCUT2D eigenvalue weighted by Gasteiger charge is -2.19. The average molecular weight is 274 g/mol. The van der Waals surface area contributed by atoms with E-state index in [0.717, 1.165) is 23.3 Å². The van der Waals surface area contributed by atoms with Crippen LogP contribution in [0.5, 0.6) is 0 Å². The van der Waals surface area contributed by atoms with E-state index in [1.807, 2.05) is 32.5 Å². The molecule has 0 bridgehead atoms. The summed E-state index contributed by atoms with van der Waals surface area (Å²) in [5, 5.41) is 3.85. The highest BCUT2D eigenvalue weighted by atomic mass is 32.2. The summed E-state index contributed by atoms with van der Waals surface area (Å²) < 4.78 is 0. The van der Waals surface area contributed by atoms with Gasteiger partial charge in [-0.15, -0.1) is 0 Å². The van der Waals surface area contributed by atoms with Crippen molar-refractivity contribution >= 4 is 23.4 Å². The van der Waals surface area contributed by atoms with Gasteiger partial charge in [-0.25, -0.2) is 9.97 Å². The molecule has 0 spiro atoms. The largest absolute Gasteiger partial charge is 0.373 e. The van der Waals surface area contributed by atoms with Crippen molar-refractivity contribution < 1.29 is 0 Å². The molecule has 0 unspecified atom stereocenters. The number of hydrogen-bond donors (Lipinski definition) is 1. The van der Waals surface area contributed by atoms with Gasteiger partial charge < -0.3 is 10.2 Å². The molecular weight excluding hydrogens is 256 g/mol. The predicted molar refractivity (Wildman–Crippen MR) is 81.9 cm³/mol. The van der Waals surface area contributed by atoms with E-state index in [1.54, 1.807) is 11.8 Å². The number of thioether (sulfide) groups is 1. The minimum absolute atomic E-state index is 0.779. The third-order valence-electron chi connectivity index (χ3n) is 2.78. The second-order valence-electron chi connectivity index (χ2n) is 4.19. The van der Waals surface area contributed by atoms with E-state index in [1.165, 1.54) is 5.56 Å². The third-order valence-corrected chi connectivity index (χ3v) is 3.33. The molecule has 1 aromatic carbocycles. The second-order valence-corrected chi connectivity index (χ2v) is 4.96. The zero-order valence-corrected chi connectivity index (χ0v) is 12.2. The first-order valence-electron chi connectivity index (χ1n) is 6.09. The van der Waals surface area contributed by atoms with Crippen molar-refractivity contribution in [1.29, 1.82) is 0 Å². The van der Waals surface area contributed by atoms with Crippen molar-refractivity contribution in [3.05, 3.63) is 42.0 Å². The van der Waals surface area contributed by atoms with Crippen LogP contribution in [0.4, 0.5) is 11.6 Å². The Hall–Kier alpha value is -1.75. The molecule has 0 radical (unpaired) electrons. The summed E-state index contributed by atoms with van der Waals surface area (Å²) in [6.45, 7) is 0.828. The fraction of sp³-hybridized carbons (Fsp3) is 0.286. The van der Waals surface area contributed by atoms with Crippen LogP contribution in [-0.2, 0) is 6.54 Å². The van der Waals surface area contributed by atoms with Crippen LogP contribution < -0.4 is 10.2 Å². The maximum atomic E-state index is 4.53. The molecule has 0 saturated heterocycles. The van der Waals surface area contributed by atoms with Crippen molar-refractivity contribution in [1.82, 2.24) is 9.97 Å². The van der Waals surface area contributed by atoms with Gasteiger partial charge in [0.2, 0.25) is 0 Å². The van der Waals surface area contributed by atoms with Crippen molar-refractivity contribution in [2.24, 2.45) is 0 Å². The van der Waals surface area contributed by atoms with Gasteiger partial charge in [-0.05, 0) is 11.8 Å². The van der Waals surface area contributed by atoms with E-state index in [-0.39, 0.29) is 0 Å². The fourth-order valence-corrected chi connectivity index (χ4v) is 2.14. The molecule has 0 aliphatic heterocycles. The maximum Gasteiger partial charge on any atom is 0.191 e. The van der Waals surface area contributed by atoms with Gasteiger partial charge in [-0.3, -0.25) is 0 Å². The predicted octanol–water partition coefficient (Wildman–Crippen LogP) is 2.88. The summed E-state index contributed by atoms with van der Waals surface area (Å²) in [5.41, 5.74) is 1.26. The quantitative estimate of drug-likeness (QED) is 0.670. The molecule has 0 saturated carbocycles. The Morgan fingerprint density at radius 2 is 1.95 bits per heavy atom. The van der Waals surface area contributed by atoms with Gasteiger partial charge in [0.25, 0.3) is 0 Å². The molecule has 19 heavy (non-hydrogen) atoms. The molecular formula is C14H18N4S. The molecule has 1 N–H and O–H groups in total. The zero-order valence-electron chi connectivity index (χ0n) is 11.4. The number of rotatable bonds is 5. The Morgan fingerprint density at radius 3 is 2.58 bits per heavy atom. The summed E-state index contributed by atoms with van der Waals surface area (Å²) in [4.78, 5) is 11.0. The molecule has 0 atom stereocenters. The van der Waals surface area contributed by atoms with Gasteiger partial charge in [0, 0.05) is 26.7 Å². The minimum atomic E-state index is 0.779. The SMILES string of the molecule is CNc1cc(N(C)Cc2ccccc2)nc(SC)n1. The molecule has 1 heterocycles. The minimum Gasteiger partial charge on any atom is -0.373 e. The van der Waals surface area contributed by atoms with Crippen molar-refractivity contribution in [3.8, 4) is 0 Å². The van der Waals surface area contributed by atoms with Gasteiger partial charge in [0.05, 0.1) is 0 Å². The average Bonchev–Trinajstić information content (AvgIpc) is 2.47. The van der Waals surface area contributed by atoms with E-state index >= 15 is 0 Å². The van der Waals surface area contributed by atoms with Gasteiger partial charge >= 0.3 is 0 Å². The number of hydrogen-bond acceptors (Lipinski definition) is 5. The van der Waals surface area contributed by atoms with E-state index < -0.39 is 0 Å². The van der Waals surface area contributed by atoms with Crippen molar-refractivity contribution in [3.63, 3.8) is 0 Å². The number of anilines is 2. The van der Waals surface area contributed by atoms with Gasteiger partial charge in [-0.1, -0.05) is 42.1 Å². The smallest absolute Gasteiger partial charge is 0.191 e. The molecule has 5 heteroatoms. The van der Waals surface area contributed by atoms with Gasteiger partial charge in [-0.2, -0.15) is 0 Å². The number of aromatic nitrogens is 2. The Labute approximate surface area is 118 Å². The second kappa shape index (κ2) is 6.43. The molecule has 0 amide bonds. The topological polar surface area (TPSA) is 41.0 Å². The first-order chi connectivity index (χ1) is 9.22. The van der Waals surface area contributed by atoms with Crippen LogP contribution in [0.15, 0.2) is 41.6 Å². The molecule has 2 rings (SSSR count). The summed E-state index contributed by atoms with van der Waals surface area (Å²) >= 11 is 1.55. The lowest BCUT2D eigenvalue weighted by molar-refractivity contribution is 0.858. The van der Waals surface area contributed by atoms with Crippen LogP contribution in [0, 0.1) is 0 Å². The number of nitrogens with one attached hydrogen (secondary N) is 1. The summed E-state index contributed by atoms with van der Waals surface area (Å²) in [6.07, 6.45) is 1.98. The molecule has 0 aliphatic rings. The summed E-state index contributed by atoms with van der Waals surface area (Å²) in [7, 11) is 3.91. The number of nitrogens with zero attached hydrogens (tertiary/aromatic N) is 3. The van der Waals surface area contributed by atoms with Gasteiger partial charge in [0.15, 0.2) is 5.16 Å². The third kappa shape index (κ3) is 3.61. The highest BCUT2D eigenvalue weighted by Crippen LogP contribution is 2.20. The van der Waals surface area contributed by atoms with E-state index in [4.69, 9.17) is 0 Å². The molecule has 0 fully saturated rings. The van der Waals surface area contributed by atoms with Crippen LogP contribution in [-0.4, -0.2) is 30.3 Å². The molecule has 2 aromatic rings. The maximum absolute atomic E-state index is 4.53. The zero-order chi connectivity index (χ0) is 13.7. The van der Waals surface area contributed by atoms with Crippen LogP contribution >= 0.6 is 11.8 Å². The highest BCUT2D eigenvalue weighted by molar-refractivity contribution is 7.98. The first kappa shape index (κ1) is 13.7. The first-order valence-corrected chi connectivity index (χ1v) is 7.31. The molecule has 0 aliphatic carbocycles. The Balaban J connectivity index is 2.20. The van der Waals surface area contributed by atoms with Crippen molar-refractivity contribution in [2.45, 2.75) is 11.7 Å². The lowest BCUT2D eigenvalue weighted by Crippen LogP contribution is -2.18. The highest BCUT2D eigenvalue weighted by Gasteiger charge is 2.08. The van der Waals surface area contributed by atoms with Gasteiger partial charge in [0.1, 0.15) is 11.6 Å². The van der Waals surface area contributed by atoms with Crippen molar-refractivity contribution in [2.75, 3.05) is 30.6 Å². The Bertz CT molecular complexity index is 508. The monoisotopic (exact) mass is 274 g/mol. The lowest BCUT2D eigenvalue weighted by atomic mass is 10.2. The summed E-state index contributed by atoms with van der Waals surface area (Å²) in [5.74, 6) is 1.77. The van der Waals surface area contributed by atoms with Crippen LogP contribution in [0.3, 0.4) is 0 Å². The standard InChI is InChI=1S/C14H18N4S/c1-15-12-9-13(17-14(16-12)19-3)18(2)10-11-7-5-4-6-8-11/h4-9H,10H2,1-3H3,(H,15,16,17).